The fraction of sp³-hybridized carbons (Fsp3) is 0.200. The highest BCUT2D eigenvalue weighted by Crippen LogP contribution is 2.41. The molecule has 0 spiro atoms. The second-order valence-electron chi connectivity index (χ2n) is 4.68. The van der Waals surface area contributed by atoms with Crippen molar-refractivity contribution in [3.05, 3.63) is 57.1 Å². The number of anilines is 1. The van der Waals surface area contributed by atoms with Crippen LogP contribution in [0.1, 0.15) is 12.5 Å². The van der Waals surface area contributed by atoms with Crippen LogP contribution in [0.4, 0.5) is 24.5 Å². The van der Waals surface area contributed by atoms with Gasteiger partial charge in [0.15, 0.2) is 0 Å². The molecule has 0 saturated heterocycles. The lowest BCUT2D eigenvalue weighted by atomic mass is 10.2. The van der Waals surface area contributed by atoms with E-state index in [1.807, 2.05) is 0 Å². The van der Waals surface area contributed by atoms with Gasteiger partial charge in [0, 0.05) is 6.54 Å². The van der Waals surface area contributed by atoms with Crippen molar-refractivity contribution in [2.24, 2.45) is 0 Å². The summed E-state index contributed by atoms with van der Waals surface area (Å²) in [4.78, 5) is 10.6. The zero-order valence-electron chi connectivity index (χ0n) is 12.4. The van der Waals surface area contributed by atoms with Crippen LogP contribution >= 0.6 is 11.6 Å². The van der Waals surface area contributed by atoms with E-state index in [0.717, 1.165) is 12.1 Å². The molecule has 0 heterocycles. The van der Waals surface area contributed by atoms with Crippen LogP contribution in [0.3, 0.4) is 0 Å². The number of benzene rings is 2. The molecule has 5 nitrogen and oxygen atoms in total. The Bertz CT molecular complexity index is 766. The quantitative estimate of drug-likeness (QED) is 0.565. The van der Waals surface area contributed by atoms with Crippen molar-refractivity contribution in [1.29, 1.82) is 0 Å². The molecule has 0 amide bonds. The number of nitrogens with one attached hydrogen (secondary N) is 1. The van der Waals surface area contributed by atoms with Crippen molar-refractivity contribution >= 4 is 23.0 Å². The summed E-state index contributed by atoms with van der Waals surface area (Å²) in [6.07, 6.45) is -4.54. The van der Waals surface area contributed by atoms with Crippen molar-refractivity contribution < 1.29 is 22.8 Å². The number of halogens is 4. The number of para-hydroxylation sites is 1. The highest BCUT2D eigenvalue weighted by molar-refractivity contribution is 6.32. The number of alkyl halides is 3. The van der Waals surface area contributed by atoms with E-state index in [4.69, 9.17) is 16.3 Å². The van der Waals surface area contributed by atoms with Gasteiger partial charge in [0.05, 0.1) is 15.5 Å². The van der Waals surface area contributed by atoms with Crippen LogP contribution in [0.25, 0.3) is 0 Å². The van der Waals surface area contributed by atoms with E-state index in [-0.39, 0.29) is 27.9 Å². The number of hydrogen-bond acceptors (Lipinski definition) is 4. The first kappa shape index (κ1) is 17.9. The Morgan fingerprint density at radius 3 is 2.50 bits per heavy atom. The molecule has 0 bridgehead atoms. The number of nitrogens with zero attached hydrogens (tertiary/aromatic N) is 1. The lowest BCUT2D eigenvalue weighted by molar-refractivity contribution is -0.384. The molecule has 0 atom stereocenters. The monoisotopic (exact) mass is 360 g/mol. The predicted molar refractivity (Wildman–Crippen MR) is 83.8 cm³/mol. The molecule has 9 heteroatoms. The number of nitro benzene ring substituents is 1. The molecule has 0 aromatic heterocycles. The maximum atomic E-state index is 12.6. The molecule has 24 heavy (non-hydrogen) atoms. The number of rotatable bonds is 5. The van der Waals surface area contributed by atoms with Gasteiger partial charge < -0.3 is 10.1 Å². The highest BCUT2D eigenvalue weighted by atomic mass is 35.5. The lowest BCUT2D eigenvalue weighted by Crippen LogP contribution is -2.05. The first-order chi connectivity index (χ1) is 11.2. The first-order valence-electron chi connectivity index (χ1n) is 6.80. The minimum absolute atomic E-state index is 0.110. The van der Waals surface area contributed by atoms with E-state index in [1.165, 1.54) is 18.2 Å². The summed E-state index contributed by atoms with van der Waals surface area (Å²) >= 11 is 5.81. The lowest BCUT2D eigenvalue weighted by Gasteiger charge is -2.12. The van der Waals surface area contributed by atoms with Crippen molar-refractivity contribution in [3.8, 4) is 11.5 Å². The van der Waals surface area contributed by atoms with Crippen LogP contribution < -0.4 is 10.1 Å². The number of hydrogen-bond donors (Lipinski definition) is 1. The van der Waals surface area contributed by atoms with Gasteiger partial charge in [-0.25, -0.2) is 0 Å². The Kier molecular flexibility index (Phi) is 5.18. The molecule has 0 aliphatic rings. The molecule has 0 saturated carbocycles. The van der Waals surface area contributed by atoms with E-state index < -0.39 is 16.7 Å². The molecule has 1 N–H and O–H groups in total. The van der Waals surface area contributed by atoms with Gasteiger partial charge in [0.1, 0.15) is 11.4 Å². The smallest absolute Gasteiger partial charge is 0.416 e. The standard InChI is InChI=1S/C15H12ClF3N2O3/c1-2-20-11-4-3-5-13(14(11)21(22)23)24-12-7-6-9(8-10(12)16)15(17,18)19/h3-8,20H,2H2,1H3. The van der Waals surface area contributed by atoms with Gasteiger partial charge in [-0.15, -0.1) is 0 Å². The third-order valence-electron chi connectivity index (χ3n) is 3.03. The predicted octanol–water partition coefficient (Wildman–Crippen LogP) is 5.49. The highest BCUT2D eigenvalue weighted by Gasteiger charge is 2.31. The maximum absolute atomic E-state index is 12.6. The van der Waals surface area contributed by atoms with Crippen molar-refractivity contribution in [2.75, 3.05) is 11.9 Å². The molecular formula is C15H12ClF3N2O3. The molecule has 0 aliphatic carbocycles. The van der Waals surface area contributed by atoms with Crippen LogP contribution in [0.5, 0.6) is 11.5 Å². The SMILES string of the molecule is CCNc1cccc(Oc2ccc(C(F)(F)F)cc2Cl)c1[N+](=O)[O-]. The van der Waals surface area contributed by atoms with Gasteiger partial charge in [0.25, 0.3) is 0 Å². The number of nitro groups is 1. The van der Waals surface area contributed by atoms with Crippen LogP contribution in [0.15, 0.2) is 36.4 Å². The Morgan fingerprint density at radius 1 is 1.25 bits per heavy atom. The molecule has 128 valence electrons. The third kappa shape index (κ3) is 3.88. The zero-order chi connectivity index (χ0) is 17.9. The summed E-state index contributed by atoms with van der Waals surface area (Å²) < 4.78 is 43.3. The van der Waals surface area contributed by atoms with Crippen molar-refractivity contribution in [1.82, 2.24) is 0 Å². The molecule has 2 aromatic carbocycles. The minimum atomic E-state index is -4.54. The summed E-state index contributed by atoms with van der Waals surface area (Å²) in [7, 11) is 0. The fourth-order valence-electron chi connectivity index (χ4n) is 2.00. The molecule has 0 aliphatic heterocycles. The van der Waals surface area contributed by atoms with Crippen LogP contribution in [-0.2, 0) is 6.18 Å². The van der Waals surface area contributed by atoms with Crippen LogP contribution in [0.2, 0.25) is 5.02 Å². The molecule has 0 radical (unpaired) electrons. The van der Waals surface area contributed by atoms with Crippen LogP contribution in [-0.4, -0.2) is 11.5 Å². The van der Waals surface area contributed by atoms with Gasteiger partial charge in [-0.3, -0.25) is 10.1 Å². The van der Waals surface area contributed by atoms with E-state index in [1.54, 1.807) is 6.92 Å². The normalized spacial score (nSPS) is 11.2. The van der Waals surface area contributed by atoms with E-state index in [9.17, 15) is 23.3 Å². The molecule has 2 rings (SSSR count). The van der Waals surface area contributed by atoms with Crippen molar-refractivity contribution in [2.45, 2.75) is 13.1 Å². The molecule has 0 unspecified atom stereocenters. The Balaban J connectivity index is 2.41. The van der Waals surface area contributed by atoms with Gasteiger partial charge in [0.2, 0.25) is 5.75 Å². The number of ether oxygens (including phenoxy) is 1. The molecular weight excluding hydrogens is 349 g/mol. The molecule has 0 fully saturated rings. The van der Waals surface area contributed by atoms with Gasteiger partial charge in [-0.2, -0.15) is 13.2 Å². The fourth-order valence-corrected chi connectivity index (χ4v) is 2.22. The summed E-state index contributed by atoms with van der Waals surface area (Å²) in [5, 5.41) is 13.8. The van der Waals surface area contributed by atoms with Gasteiger partial charge >= 0.3 is 11.9 Å². The van der Waals surface area contributed by atoms with Gasteiger partial charge in [-0.1, -0.05) is 17.7 Å². The topological polar surface area (TPSA) is 64.4 Å². The second kappa shape index (κ2) is 6.96. The largest absolute Gasteiger partial charge is 0.448 e. The Labute approximate surface area is 140 Å². The minimum Gasteiger partial charge on any atom is -0.448 e. The summed E-state index contributed by atoms with van der Waals surface area (Å²) in [5.41, 5.74) is -1.02. The summed E-state index contributed by atoms with van der Waals surface area (Å²) in [6.45, 7) is 2.22. The maximum Gasteiger partial charge on any atom is 0.416 e. The zero-order valence-corrected chi connectivity index (χ0v) is 13.1. The van der Waals surface area contributed by atoms with E-state index in [0.29, 0.717) is 12.6 Å². The van der Waals surface area contributed by atoms with Crippen LogP contribution in [0, 0.1) is 10.1 Å². The molecule has 2 aromatic rings. The van der Waals surface area contributed by atoms with E-state index >= 15 is 0 Å². The summed E-state index contributed by atoms with van der Waals surface area (Å²) in [5.74, 6) is -0.235. The Morgan fingerprint density at radius 2 is 1.96 bits per heavy atom. The average molecular weight is 361 g/mol. The van der Waals surface area contributed by atoms with Gasteiger partial charge in [-0.05, 0) is 37.3 Å². The van der Waals surface area contributed by atoms with Crippen molar-refractivity contribution in [3.63, 3.8) is 0 Å². The Hall–Kier alpha value is -2.48. The van der Waals surface area contributed by atoms with E-state index in [2.05, 4.69) is 5.32 Å². The summed E-state index contributed by atoms with van der Waals surface area (Å²) in [6, 6.07) is 6.89. The first-order valence-corrected chi connectivity index (χ1v) is 7.17. The third-order valence-corrected chi connectivity index (χ3v) is 3.32. The second-order valence-corrected chi connectivity index (χ2v) is 5.09. The average Bonchev–Trinajstić information content (AvgIpc) is 2.48.